The van der Waals surface area contributed by atoms with Crippen molar-refractivity contribution in [3.8, 4) is 6.07 Å². The first-order chi connectivity index (χ1) is 5.65. The van der Waals surface area contributed by atoms with Crippen molar-refractivity contribution in [2.45, 2.75) is 0 Å². The summed E-state index contributed by atoms with van der Waals surface area (Å²) >= 11 is 0. The van der Waals surface area contributed by atoms with E-state index in [-0.39, 0.29) is 17.2 Å². The highest BCUT2D eigenvalue weighted by molar-refractivity contribution is 5.53. The molecule has 0 amide bonds. The zero-order valence-electron chi connectivity index (χ0n) is 5.89. The number of nitro groups is 1. The van der Waals surface area contributed by atoms with Crippen LogP contribution in [0.3, 0.4) is 0 Å². The van der Waals surface area contributed by atoms with E-state index in [1.54, 1.807) is 6.07 Å². The minimum atomic E-state index is -0.649. The summed E-state index contributed by atoms with van der Waals surface area (Å²) in [6.45, 7) is 0. The quantitative estimate of drug-likeness (QED) is 0.478. The minimum Gasteiger partial charge on any atom is -0.378 e. The van der Waals surface area contributed by atoms with Gasteiger partial charge in [-0.15, -0.1) is 0 Å². The number of anilines is 1. The molecule has 6 heteroatoms. The van der Waals surface area contributed by atoms with Gasteiger partial charge in [0.05, 0.1) is 4.92 Å². The lowest BCUT2D eigenvalue weighted by Crippen LogP contribution is -1.99. The van der Waals surface area contributed by atoms with Crippen molar-refractivity contribution in [2.75, 3.05) is 5.73 Å². The van der Waals surface area contributed by atoms with Gasteiger partial charge in [0.25, 0.3) is 0 Å². The van der Waals surface area contributed by atoms with Gasteiger partial charge >= 0.3 is 5.69 Å². The van der Waals surface area contributed by atoms with Crippen LogP contribution in [0.15, 0.2) is 12.1 Å². The summed E-state index contributed by atoms with van der Waals surface area (Å²) in [6.07, 6.45) is 0. The minimum absolute atomic E-state index is 0.0677. The molecule has 0 aliphatic rings. The first-order valence-electron chi connectivity index (χ1n) is 2.96. The van der Waals surface area contributed by atoms with Gasteiger partial charge in [-0.25, -0.2) is 4.98 Å². The second kappa shape index (κ2) is 2.84. The van der Waals surface area contributed by atoms with Gasteiger partial charge in [-0.3, -0.25) is 10.1 Å². The molecule has 0 aliphatic carbocycles. The van der Waals surface area contributed by atoms with Crippen LogP contribution < -0.4 is 5.73 Å². The van der Waals surface area contributed by atoms with E-state index in [2.05, 4.69) is 4.98 Å². The fourth-order valence-electron chi connectivity index (χ4n) is 0.684. The normalized spacial score (nSPS) is 8.92. The highest BCUT2D eigenvalue weighted by atomic mass is 16.6. The molecule has 0 unspecified atom stereocenters. The fourth-order valence-corrected chi connectivity index (χ4v) is 0.684. The molecule has 1 heterocycles. The molecule has 0 aliphatic heterocycles. The van der Waals surface area contributed by atoms with Gasteiger partial charge in [-0.2, -0.15) is 5.26 Å². The van der Waals surface area contributed by atoms with Crippen molar-refractivity contribution in [1.29, 1.82) is 5.26 Å². The Kier molecular flexibility index (Phi) is 1.88. The maximum Gasteiger partial charge on any atom is 0.311 e. The molecule has 0 saturated carbocycles. The molecule has 0 bridgehead atoms. The fraction of sp³-hybridized carbons (Fsp3) is 0. The lowest BCUT2D eigenvalue weighted by atomic mass is 10.3. The van der Waals surface area contributed by atoms with Crippen molar-refractivity contribution >= 4 is 11.5 Å². The van der Waals surface area contributed by atoms with E-state index in [1.165, 1.54) is 6.07 Å². The summed E-state index contributed by atoms with van der Waals surface area (Å²) in [7, 11) is 0. The Bertz CT molecular complexity index is 368. The molecule has 12 heavy (non-hydrogen) atoms. The molecule has 0 spiro atoms. The van der Waals surface area contributed by atoms with E-state index in [4.69, 9.17) is 11.0 Å². The third-order valence-corrected chi connectivity index (χ3v) is 1.21. The van der Waals surface area contributed by atoms with E-state index in [9.17, 15) is 10.1 Å². The average molecular weight is 164 g/mol. The number of hydrogen-bond donors (Lipinski definition) is 1. The third kappa shape index (κ3) is 1.29. The molecule has 0 fully saturated rings. The highest BCUT2D eigenvalue weighted by Crippen LogP contribution is 2.17. The molecule has 1 rings (SSSR count). The van der Waals surface area contributed by atoms with Gasteiger partial charge in [-0.05, 0) is 6.07 Å². The number of nitriles is 1. The Labute approximate surface area is 67.4 Å². The Hall–Kier alpha value is -2.16. The van der Waals surface area contributed by atoms with Gasteiger partial charge < -0.3 is 5.73 Å². The Morgan fingerprint density at radius 2 is 2.33 bits per heavy atom. The molecular weight excluding hydrogens is 160 g/mol. The third-order valence-electron chi connectivity index (χ3n) is 1.21. The molecule has 1 aromatic rings. The van der Waals surface area contributed by atoms with Gasteiger partial charge in [0.2, 0.25) is 5.82 Å². The molecule has 0 aromatic carbocycles. The number of nitrogens with zero attached hydrogens (tertiary/aromatic N) is 3. The van der Waals surface area contributed by atoms with Crippen LogP contribution >= 0.6 is 0 Å². The van der Waals surface area contributed by atoms with E-state index in [0.717, 1.165) is 6.07 Å². The molecule has 60 valence electrons. The highest BCUT2D eigenvalue weighted by Gasteiger charge is 2.11. The molecule has 0 saturated heterocycles. The second-order valence-electron chi connectivity index (χ2n) is 1.97. The summed E-state index contributed by atoms with van der Waals surface area (Å²) in [5, 5.41) is 18.6. The first kappa shape index (κ1) is 7.94. The van der Waals surface area contributed by atoms with Crippen molar-refractivity contribution in [1.82, 2.24) is 4.98 Å². The number of hydrogen-bond acceptors (Lipinski definition) is 5. The first-order valence-corrected chi connectivity index (χ1v) is 2.96. The average Bonchev–Trinajstić information content (AvgIpc) is 2.03. The number of nitrogens with two attached hydrogens (primary N) is 1. The Morgan fingerprint density at radius 3 is 2.75 bits per heavy atom. The van der Waals surface area contributed by atoms with E-state index >= 15 is 0 Å². The SMILES string of the molecule is N#Cc1ccc([N+](=O)[O-])c(N)n1. The number of aromatic nitrogens is 1. The molecular formula is C6H4N4O2. The van der Waals surface area contributed by atoms with Crippen molar-refractivity contribution < 1.29 is 4.92 Å². The smallest absolute Gasteiger partial charge is 0.311 e. The van der Waals surface area contributed by atoms with Crippen molar-refractivity contribution in [3.05, 3.63) is 27.9 Å². The number of pyridine rings is 1. The predicted octanol–water partition coefficient (Wildman–Crippen LogP) is 0.444. The summed E-state index contributed by atoms with van der Waals surface area (Å²) in [6, 6.07) is 4.12. The monoisotopic (exact) mass is 164 g/mol. The van der Waals surface area contributed by atoms with Crippen LogP contribution in [-0.2, 0) is 0 Å². The van der Waals surface area contributed by atoms with Crippen LogP contribution in [-0.4, -0.2) is 9.91 Å². The zero-order valence-corrected chi connectivity index (χ0v) is 5.89. The van der Waals surface area contributed by atoms with E-state index < -0.39 is 4.92 Å². The van der Waals surface area contributed by atoms with Crippen LogP contribution in [0.25, 0.3) is 0 Å². The maximum atomic E-state index is 10.2. The van der Waals surface area contributed by atoms with E-state index in [1.807, 2.05) is 0 Å². The molecule has 6 nitrogen and oxygen atoms in total. The van der Waals surface area contributed by atoms with E-state index in [0.29, 0.717) is 0 Å². The lowest BCUT2D eigenvalue weighted by Gasteiger charge is -1.94. The Balaban J connectivity index is 3.23. The molecule has 2 N–H and O–H groups in total. The van der Waals surface area contributed by atoms with Gasteiger partial charge in [0.1, 0.15) is 11.8 Å². The van der Waals surface area contributed by atoms with Crippen molar-refractivity contribution in [2.24, 2.45) is 0 Å². The zero-order chi connectivity index (χ0) is 9.14. The maximum absolute atomic E-state index is 10.2. The molecule has 1 aromatic heterocycles. The largest absolute Gasteiger partial charge is 0.378 e. The number of nitrogen functional groups attached to an aromatic ring is 1. The number of rotatable bonds is 1. The van der Waals surface area contributed by atoms with Gasteiger partial charge in [0, 0.05) is 6.07 Å². The summed E-state index contributed by atoms with van der Waals surface area (Å²) in [4.78, 5) is 13.1. The van der Waals surface area contributed by atoms with Crippen LogP contribution in [0.2, 0.25) is 0 Å². The predicted molar refractivity (Wildman–Crippen MR) is 40.0 cm³/mol. The van der Waals surface area contributed by atoms with Gasteiger partial charge in [-0.1, -0.05) is 0 Å². The van der Waals surface area contributed by atoms with Crippen LogP contribution in [0, 0.1) is 21.4 Å². The molecule has 0 atom stereocenters. The topological polar surface area (TPSA) is 106 Å². The lowest BCUT2D eigenvalue weighted by molar-refractivity contribution is -0.384. The summed E-state index contributed by atoms with van der Waals surface area (Å²) in [5.41, 5.74) is 4.98. The summed E-state index contributed by atoms with van der Waals surface area (Å²) in [5.74, 6) is -0.237. The second-order valence-corrected chi connectivity index (χ2v) is 1.97. The Morgan fingerprint density at radius 1 is 1.67 bits per heavy atom. The summed E-state index contributed by atoms with van der Waals surface area (Å²) < 4.78 is 0. The van der Waals surface area contributed by atoms with Crippen molar-refractivity contribution in [3.63, 3.8) is 0 Å². The molecule has 0 radical (unpaired) electrons. The van der Waals surface area contributed by atoms with Crippen LogP contribution in [0.4, 0.5) is 11.5 Å². The van der Waals surface area contributed by atoms with Crippen LogP contribution in [0.1, 0.15) is 5.69 Å². The standard InChI is InChI=1S/C6H4N4O2/c7-3-4-1-2-5(10(11)12)6(8)9-4/h1-2H,(H2,8,9). The van der Waals surface area contributed by atoms with Crippen LogP contribution in [0.5, 0.6) is 0 Å². The van der Waals surface area contributed by atoms with Gasteiger partial charge in [0.15, 0.2) is 0 Å².